The third-order valence-corrected chi connectivity index (χ3v) is 2.52. The fraction of sp³-hybridized carbons (Fsp3) is 0.846. The molecule has 0 radical (unpaired) electrons. The molecule has 1 N–H and O–H groups in total. The SMILES string of the molecule is CCCN(CC(=O)O)C(=O)N(CC(C)C)C(C)C. The first-order valence-electron chi connectivity index (χ1n) is 6.56. The molecule has 0 atom stereocenters. The van der Waals surface area contributed by atoms with Crippen molar-refractivity contribution in [2.75, 3.05) is 19.6 Å². The van der Waals surface area contributed by atoms with Gasteiger partial charge in [0.05, 0.1) is 0 Å². The van der Waals surface area contributed by atoms with E-state index in [0.717, 1.165) is 6.42 Å². The van der Waals surface area contributed by atoms with Crippen LogP contribution in [0.15, 0.2) is 0 Å². The normalized spacial score (nSPS) is 10.8. The number of carbonyl (C=O) groups is 2. The molecule has 0 heterocycles. The van der Waals surface area contributed by atoms with Crippen LogP contribution < -0.4 is 0 Å². The van der Waals surface area contributed by atoms with Crippen LogP contribution in [0.2, 0.25) is 0 Å². The molecule has 0 unspecified atom stereocenters. The maximum atomic E-state index is 12.3. The van der Waals surface area contributed by atoms with Gasteiger partial charge in [-0.25, -0.2) is 4.79 Å². The summed E-state index contributed by atoms with van der Waals surface area (Å²) >= 11 is 0. The van der Waals surface area contributed by atoms with Crippen molar-refractivity contribution in [1.82, 2.24) is 9.80 Å². The average Bonchev–Trinajstić information content (AvgIpc) is 2.23. The van der Waals surface area contributed by atoms with Gasteiger partial charge in [0.2, 0.25) is 0 Å². The van der Waals surface area contributed by atoms with E-state index in [0.29, 0.717) is 19.0 Å². The Morgan fingerprint density at radius 2 is 1.72 bits per heavy atom. The lowest BCUT2D eigenvalue weighted by molar-refractivity contribution is -0.137. The first-order chi connectivity index (χ1) is 8.29. The van der Waals surface area contributed by atoms with Gasteiger partial charge < -0.3 is 14.9 Å². The van der Waals surface area contributed by atoms with Crippen molar-refractivity contribution in [2.45, 2.75) is 47.1 Å². The predicted octanol–water partition coefficient (Wildman–Crippen LogP) is 2.27. The number of aliphatic carboxylic acids is 1. The third-order valence-electron chi connectivity index (χ3n) is 2.52. The molecule has 0 aromatic rings. The molecule has 5 heteroatoms. The monoisotopic (exact) mass is 258 g/mol. The van der Waals surface area contributed by atoms with Crippen LogP contribution in [0.3, 0.4) is 0 Å². The highest BCUT2D eigenvalue weighted by molar-refractivity contribution is 5.80. The molecule has 0 saturated heterocycles. The van der Waals surface area contributed by atoms with Crippen LogP contribution in [0.5, 0.6) is 0 Å². The summed E-state index contributed by atoms with van der Waals surface area (Å²) in [5.41, 5.74) is 0. The third kappa shape index (κ3) is 5.89. The zero-order chi connectivity index (χ0) is 14.3. The Kier molecular flexibility index (Phi) is 7.39. The lowest BCUT2D eigenvalue weighted by Crippen LogP contribution is -2.49. The fourth-order valence-electron chi connectivity index (χ4n) is 1.76. The number of hydrogen-bond acceptors (Lipinski definition) is 2. The van der Waals surface area contributed by atoms with E-state index < -0.39 is 5.97 Å². The predicted molar refractivity (Wildman–Crippen MR) is 71.6 cm³/mol. The number of urea groups is 1. The summed E-state index contributed by atoms with van der Waals surface area (Å²) in [7, 11) is 0. The summed E-state index contributed by atoms with van der Waals surface area (Å²) in [5, 5.41) is 8.85. The minimum absolute atomic E-state index is 0.0769. The van der Waals surface area contributed by atoms with Crippen molar-refractivity contribution in [3.8, 4) is 0 Å². The lowest BCUT2D eigenvalue weighted by atomic mass is 10.2. The topological polar surface area (TPSA) is 60.9 Å². The number of amides is 2. The van der Waals surface area contributed by atoms with Crippen LogP contribution >= 0.6 is 0 Å². The van der Waals surface area contributed by atoms with Gasteiger partial charge in [0.25, 0.3) is 0 Å². The smallest absolute Gasteiger partial charge is 0.323 e. The second-order valence-electron chi connectivity index (χ2n) is 5.24. The molecule has 0 aliphatic carbocycles. The molecule has 18 heavy (non-hydrogen) atoms. The minimum Gasteiger partial charge on any atom is -0.480 e. The summed E-state index contributed by atoms with van der Waals surface area (Å²) < 4.78 is 0. The van der Waals surface area contributed by atoms with Crippen LogP contribution in [0.4, 0.5) is 4.79 Å². The van der Waals surface area contributed by atoms with E-state index >= 15 is 0 Å². The van der Waals surface area contributed by atoms with Crippen LogP contribution in [0.1, 0.15) is 41.0 Å². The average molecular weight is 258 g/mol. The van der Waals surface area contributed by atoms with Crippen molar-refractivity contribution in [3.05, 3.63) is 0 Å². The van der Waals surface area contributed by atoms with E-state index in [9.17, 15) is 9.59 Å². The summed E-state index contributed by atoms with van der Waals surface area (Å²) in [6.45, 7) is 10.8. The number of hydrogen-bond donors (Lipinski definition) is 1. The molecular weight excluding hydrogens is 232 g/mol. The van der Waals surface area contributed by atoms with Crippen LogP contribution in [0.25, 0.3) is 0 Å². The summed E-state index contributed by atoms with van der Waals surface area (Å²) in [4.78, 5) is 26.3. The van der Waals surface area contributed by atoms with E-state index in [1.165, 1.54) is 4.90 Å². The molecule has 0 aliphatic heterocycles. The van der Waals surface area contributed by atoms with Crippen LogP contribution in [0, 0.1) is 5.92 Å². The van der Waals surface area contributed by atoms with Gasteiger partial charge in [0.1, 0.15) is 6.54 Å². The molecule has 0 fully saturated rings. The first kappa shape index (κ1) is 16.7. The van der Waals surface area contributed by atoms with Crippen LogP contribution in [-0.2, 0) is 4.79 Å². The Labute approximate surface area is 110 Å². The zero-order valence-electron chi connectivity index (χ0n) is 12.1. The zero-order valence-corrected chi connectivity index (χ0v) is 12.1. The highest BCUT2D eigenvalue weighted by atomic mass is 16.4. The molecule has 0 aromatic carbocycles. The van der Waals surface area contributed by atoms with E-state index in [1.807, 2.05) is 34.6 Å². The summed E-state index contributed by atoms with van der Waals surface area (Å²) in [6.07, 6.45) is 0.757. The molecule has 0 bridgehead atoms. The van der Waals surface area contributed by atoms with E-state index in [1.54, 1.807) is 4.90 Å². The second kappa shape index (κ2) is 7.95. The van der Waals surface area contributed by atoms with E-state index in [4.69, 9.17) is 5.11 Å². The Balaban J connectivity index is 4.81. The largest absolute Gasteiger partial charge is 0.480 e. The number of carboxylic acids is 1. The molecule has 0 spiro atoms. The first-order valence-corrected chi connectivity index (χ1v) is 6.56. The quantitative estimate of drug-likeness (QED) is 0.762. The van der Waals surface area contributed by atoms with Crippen molar-refractivity contribution >= 4 is 12.0 Å². The van der Waals surface area contributed by atoms with Crippen LogP contribution in [-0.4, -0.2) is 52.6 Å². The summed E-state index contributed by atoms with van der Waals surface area (Å²) in [5.74, 6) is -0.602. The molecule has 0 saturated carbocycles. The molecule has 5 nitrogen and oxygen atoms in total. The number of carboxylic acid groups (broad SMARTS) is 1. The number of carbonyl (C=O) groups excluding carboxylic acids is 1. The second-order valence-corrected chi connectivity index (χ2v) is 5.24. The number of rotatable bonds is 7. The maximum absolute atomic E-state index is 12.3. The van der Waals surface area contributed by atoms with Gasteiger partial charge >= 0.3 is 12.0 Å². The van der Waals surface area contributed by atoms with Crippen molar-refractivity contribution in [1.29, 1.82) is 0 Å². The molecule has 106 valence electrons. The van der Waals surface area contributed by atoms with Gasteiger partial charge in [0, 0.05) is 19.1 Å². The molecule has 2 amide bonds. The molecule has 0 aromatic heterocycles. The highest BCUT2D eigenvalue weighted by Gasteiger charge is 2.24. The maximum Gasteiger partial charge on any atom is 0.323 e. The van der Waals surface area contributed by atoms with Gasteiger partial charge in [0.15, 0.2) is 0 Å². The van der Waals surface area contributed by atoms with Crippen molar-refractivity contribution in [2.24, 2.45) is 5.92 Å². The number of nitrogens with zero attached hydrogens (tertiary/aromatic N) is 2. The highest BCUT2D eigenvalue weighted by Crippen LogP contribution is 2.09. The Bertz CT molecular complexity index is 277. The lowest BCUT2D eigenvalue weighted by Gasteiger charge is -2.33. The van der Waals surface area contributed by atoms with Gasteiger partial charge in [-0.1, -0.05) is 20.8 Å². The Morgan fingerprint density at radius 1 is 1.17 bits per heavy atom. The van der Waals surface area contributed by atoms with Crippen molar-refractivity contribution < 1.29 is 14.7 Å². The van der Waals surface area contributed by atoms with Gasteiger partial charge in [-0.05, 0) is 26.2 Å². The Hall–Kier alpha value is -1.26. The van der Waals surface area contributed by atoms with Crippen molar-refractivity contribution in [3.63, 3.8) is 0 Å². The van der Waals surface area contributed by atoms with Gasteiger partial charge in [-0.3, -0.25) is 4.79 Å². The molecule has 0 rings (SSSR count). The summed E-state index contributed by atoms with van der Waals surface area (Å²) in [6, 6.07) is -0.101. The molecular formula is C13H26N2O3. The minimum atomic E-state index is -0.968. The van der Waals surface area contributed by atoms with E-state index in [-0.39, 0.29) is 18.6 Å². The standard InChI is InChI=1S/C13H26N2O3/c1-6-7-14(9-12(16)17)13(18)15(11(4)5)8-10(2)3/h10-11H,6-9H2,1-5H3,(H,16,17). The van der Waals surface area contributed by atoms with E-state index in [2.05, 4.69) is 0 Å². The van der Waals surface area contributed by atoms with Gasteiger partial charge in [-0.2, -0.15) is 0 Å². The molecule has 0 aliphatic rings. The fourth-order valence-corrected chi connectivity index (χ4v) is 1.76. The van der Waals surface area contributed by atoms with Gasteiger partial charge in [-0.15, -0.1) is 0 Å². The Morgan fingerprint density at radius 3 is 2.06 bits per heavy atom.